The van der Waals surface area contributed by atoms with Crippen molar-refractivity contribution in [1.82, 2.24) is 15.1 Å². The molecule has 0 amide bonds. The summed E-state index contributed by atoms with van der Waals surface area (Å²) in [4.78, 5) is 3.94. The highest BCUT2D eigenvalue weighted by Gasteiger charge is 2.25. The lowest BCUT2D eigenvalue weighted by atomic mass is 9.90. The molecule has 24 heavy (non-hydrogen) atoms. The number of piperidine rings is 1. The monoisotopic (exact) mass is 341 g/mol. The maximum atomic E-state index is 13.2. The second kappa shape index (κ2) is 6.87. The van der Waals surface area contributed by atoms with Crippen LogP contribution < -0.4 is 0 Å². The summed E-state index contributed by atoms with van der Waals surface area (Å²) in [6.07, 6.45) is 4.22. The molecule has 0 spiro atoms. The molecule has 1 atom stereocenters. The van der Waals surface area contributed by atoms with Crippen LogP contribution in [0.5, 0.6) is 0 Å². The van der Waals surface area contributed by atoms with Crippen molar-refractivity contribution in [1.29, 1.82) is 0 Å². The normalized spacial score (nSPS) is 18.8. The number of nitrogens with one attached hydrogen (secondary N) is 1. The molecule has 1 aliphatic rings. The summed E-state index contributed by atoms with van der Waals surface area (Å²) in [7, 11) is 0. The molecular weight excluding hydrogens is 321 g/mol. The van der Waals surface area contributed by atoms with Gasteiger partial charge in [0, 0.05) is 35.1 Å². The first-order valence-electron chi connectivity index (χ1n) is 8.33. The lowest BCUT2D eigenvalue weighted by Gasteiger charge is -2.32. The van der Waals surface area contributed by atoms with E-state index in [0.717, 1.165) is 37.2 Å². The van der Waals surface area contributed by atoms with Gasteiger partial charge in [-0.15, -0.1) is 11.3 Å². The highest BCUT2D eigenvalue weighted by molar-refractivity contribution is 7.09. The van der Waals surface area contributed by atoms with E-state index in [4.69, 9.17) is 0 Å². The summed E-state index contributed by atoms with van der Waals surface area (Å²) in [5.41, 5.74) is 3.30. The Labute approximate surface area is 145 Å². The van der Waals surface area contributed by atoms with Crippen molar-refractivity contribution in [3.8, 4) is 11.1 Å². The summed E-state index contributed by atoms with van der Waals surface area (Å²) in [5, 5.41) is 9.60. The molecule has 1 saturated heterocycles. The van der Waals surface area contributed by atoms with Gasteiger partial charge in [-0.25, -0.2) is 4.39 Å². The van der Waals surface area contributed by atoms with E-state index < -0.39 is 0 Å². The minimum Gasteiger partial charge on any atom is -0.298 e. The van der Waals surface area contributed by atoms with Gasteiger partial charge in [0.1, 0.15) is 5.82 Å². The lowest BCUT2D eigenvalue weighted by molar-refractivity contribution is 0.200. The van der Waals surface area contributed by atoms with Crippen molar-refractivity contribution in [2.75, 3.05) is 13.1 Å². The van der Waals surface area contributed by atoms with Crippen molar-refractivity contribution in [3.63, 3.8) is 0 Å². The van der Waals surface area contributed by atoms with Gasteiger partial charge >= 0.3 is 0 Å². The molecule has 3 heterocycles. The van der Waals surface area contributed by atoms with E-state index in [1.54, 1.807) is 0 Å². The zero-order valence-electron chi connectivity index (χ0n) is 13.4. The van der Waals surface area contributed by atoms with Crippen LogP contribution in [0.25, 0.3) is 11.1 Å². The number of aromatic amines is 1. The Morgan fingerprint density at radius 2 is 2.12 bits per heavy atom. The fraction of sp³-hybridized carbons (Fsp3) is 0.316. The van der Waals surface area contributed by atoms with Gasteiger partial charge in [-0.05, 0) is 48.5 Å². The fourth-order valence-corrected chi connectivity index (χ4v) is 4.27. The molecule has 1 fully saturated rings. The quantitative estimate of drug-likeness (QED) is 0.748. The molecule has 1 aliphatic heterocycles. The second-order valence-electron chi connectivity index (χ2n) is 6.36. The molecule has 0 aliphatic carbocycles. The highest BCUT2D eigenvalue weighted by atomic mass is 32.1. The largest absolute Gasteiger partial charge is 0.298 e. The highest BCUT2D eigenvalue weighted by Crippen LogP contribution is 2.33. The molecule has 3 aromatic rings. The van der Waals surface area contributed by atoms with Gasteiger partial charge in [-0.3, -0.25) is 10.00 Å². The molecule has 2 aromatic heterocycles. The lowest BCUT2D eigenvalue weighted by Crippen LogP contribution is -2.34. The first kappa shape index (κ1) is 15.5. The zero-order valence-corrected chi connectivity index (χ0v) is 14.2. The Kier molecular flexibility index (Phi) is 4.45. The number of aromatic nitrogens is 2. The third-order valence-corrected chi connectivity index (χ3v) is 5.56. The van der Waals surface area contributed by atoms with Crippen molar-refractivity contribution in [2.24, 2.45) is 0 Å². The molecule has 5 heteroatoms. The predicted octanol–water partition coefficient (Wildman–Crippen LogP) is 4.66. The molecule has 124 valence electrons. The Hall–Kier alpha value is -1.98. The summed E-state index contributed by atoms with van der Waals surface area (Å²) in [6, 6.07) is 11.0. The van der Waals surface area contributed by atoms with Crippen molar-refractivity contribution >= 4 is 11.3 Å². The van der Waals surface area contributed by atoms with Gasteiger partial charge < -0.3 is 0 Å². The van der Waals surface area contributed by atoms with Crippen LogP contribution in [0.2, 0.25) is 0 Å². The van der Waals surface area contributed by atoms with Crippen molar-refractivity contribution in [3.05, 3.63) is 64.4 Å². The van der Waals surface area contributed by atoms with Crippen molar-refractivity contribution < 1.29 is 4.39 Å². The topological polar surface area (TPSA) is 31.9 Å². The van der Waals surface area contributed by atoms with Gasteiger partial charge in [0.2, 0.25) is 0 Å². The molecule has 3 nitrogen and oxygen atoms in total. The Morgan fingerprint density at radius 1 is 1.25 bits per heavy atom. The van der Waals surface area contributed by atoms with Gasteiger partial charge in [0.05, 0.1) is 6.20 Å². The minimum atomic E-state index is -0.205. The summed E-state index contributed by atoms with van der Waals surface area (Å²) in [6.45, 7) is 3.21. The van der Waals surface area contributed by atoms with E-state index >= 15 is 0 Å². The summed E-state index contributed by atoms with van der Waals surface area (Å²) in [5.74, 6) is 0.241. The smallest absolute Gasteiger partial charge is 0.123 e. The number of halogens is 1. The molecule has 1 unspecified atom stereocenters. The zero-order chi connectivity index (χ0) is 16.4. The number of hydrogen-bond donors (Lipinski definition) is 1. The van der Waals surface area contributed by atoms with E-state index in [-0.39, 0.29) is 5.82 Å². The van der Waals surface area contributed by atoms with Crippen LogP contribution in [0.1, 0.15) is 29.3 Å². The Bertz CT molecular complexity index is 779. The van der Waals surface area contributed by atoms with Crippen LogP contribution in [0.4, 0.5) is 4.39 Å². The Balaban J connectivity index is 1.53. The number of rotatable bonds is 4. The van der Waals surface area contributed by atoms with Crippen molar-refractivity contribution in [2.45, 2.75) is 25.3 Å². The third kappa shape index (κ3) is 3.28. The molecule has 0 bridgehead atoms. The van der Waals surface area contributed by atoms with Gasteiger partial charge in [-0.1, -0.05) is 18.2 Å². The van der Waals surface area contributed by atoms with Crippen LogP contribution in [0.15, 0.2) is 48.0 Å². The number of H-pyrrole nitrogens is 1. The average Bonchev–Trinajstić information content (AvgIpc) is 3.27. The van der Waals surface area contributed by atoms with Gasteiger partial charge in [-0.2, -0.15) is 5.10 Å². The summed E-state index contributed by atoms with van der Waals surface area (Å²) >= 11 is 1.82. The van der Waals surface area contributed by atoms with E-state index in [9.17, 15) is 4.39 Å². The van der Waals surface area contributed by atoms with E-state index in [1.165, 1.54) is 29.1 Å². The molecule has 0 radical (unpaired) electrons. The van der Waals surface area contributed by atoms with Crippen LogP contribution in [0, 0.1) is 5.82 Å². The summed E-state index contributed by atoms with van der Waals surface area (Å²) < 4.78 is 13.2. The number of nitrogens with zero attached hydrogens (tertiary/aromatic N) is 2. The van der Waals surface area contributed by atoms with E-state index in [2.05, 4.69) is 32.6 Å². The average molecular weight is 341 g/mol. The van der Waals surface area contributed by atoms with Crippen LogP contribution in [0.3, 0.4) is 0 Å². The van der Waals surface area contributed by atoms with E-state index in [1.807, 2.05) is 29.7 Å². The third-order valence-electron chi connectivity index (χ3n) is 4.70. The first-order chi connectivity index (χ1) is 11.8. The maximum absolute atomic E-state index is 13.2. The van der Waals surface area contributed by atoms with Crippen LogP contribution in [-0.4, -0.2) is 28.2 Å². The predicted molar refractivity (Wildman–Crippen MR) is 95.6 cm³/mol. The molecule has 1 N–H and O–H groups in total. The van der Waals surface area contributed by atoms with E-state index in [0.29, 0.717) is 5.92 Å². The minimum absolute atomic E-state index is 0.205. The van der Waals surface area contributed by atoms with Gasteiger partial charge in [0.15, 0.2) is 0 Å². The molecular formula is C19H20FN3S. The van der Waals surface area contributed by atoms with Crippen LogP contribution in [-0.2, 0) is 6.54 Å². The second-order valence-corrected chi connectivity index (χ2v) is 7.39. The number of likely N-dealkylation sites (tertiary alicyclic amines) is 1. The van der Waals surface area contributed by atoms with Gasteiger partial charge in [0.25, 0.3) is 0 Å². The fourth-order valence-electron chi connectivity index (χ4n) is 3.52. The maximum Gasteiger partial charge on any atom is 0.123 e. The number of benzene rings is 1. The standard InChI is InChI=1S/C19H20FN3S/c20-16-7-5-14(6-8-16)18-11-21-22-19(18)15-3-1-9-23(12-15)13-17-4-2-10-24-17/h2,4-8,10-11,15H,1,3,9,12-13H2,(H,21,22). The molecule has 4 rings (SSSR count). The molecule has 1 aromatic carbocycles. The number of hydrogen-bond acceptors (Lipinski definition) is 3. The van der Waals surface area contributed by atoms with Crippen LogP contribution >= 0.6 is 11.3 Å². The molecule has 0 saturated carbocycles. The number of thiophene rings is 1. The Morgan fingerprint density at radius 3 is 2.92 bits per heavy atom. The SMILES string of the molecule is Fc1ccc(-c2cn[nH]c2C2CCCN(Cc3cccs3)C2)cc1. The first-order valence-corrected chi connectivity index (χ1v) is 9.21.